The summed E-state index contributed by atoms with van der Waals surface area (Å²) < 4.78 is 11.7. The van der Waals surface area contributed by atoms with E-state index in [0.29, 0.717) is 35.0 Å². The largest absolute Gasteiger partial charge is 0.474 e. The molecule has 9 heteroatoms. The molecule has 1 aromatic rings. The molecule has 1 heterocycles. The molecule has 1 aromatic heterocycles. The summed E-state index contributed by atoms with van der Waals surface area (Å²) >= 11 is 1.65. The summed E-state index contributed by atoms with van der Waals surface area (Å²) in [7, 11) is 1.85. The van der Waals surface area contributed by atoms with E-state index in [1.54, 1.807) is 11.8 Å². The monoisotopic (exact) mass is 548 g/mol. The minimum absolute atomic E-state index is 0.0817. The molecule has 2 bridgehead atoms. The van der Waals surface area contributed by atoms with Crippen LogP contribution >= 0.6 is 11.8 Å². The van der Waals surface area contributed by atoms with Crippen molar-refractivity contribution in [3.63, 3.8) is 0 Å². The third kappa shape index (κ3) is 7.68. The van der Waals surface area contributed by atoms with Crippen molar-refractivity contribution in [1.29, 1.82) is 0 Å². The molecule has 3 aliphatic carbocycles. The highest BCUT2D eigenvalue weighted by molar-refractivity contribution is 8.00. The summed E-state index contributed by atoms with van der Waals surface area (Å²) in [4.78, 5) is 26.9. The van der Waals surface area contributed by atoms with Crippen LogP contribution in [0, 0.1) is 23.2 Å². The Morgan fingerprint density at radius 1 is 1.05 bits per heavy atom. The first-order valence-electron chi connectivity index (χ1n) is 14.8. The molecule has 0 saturated heterocycles. The van der Waals surface area contributed by atoms with Gasteiger partial charge in [-0.25, -0.2) is 0 Å². The second-order valence-corrected chi connectivity index (χ2v) is 13.8. The van der Waals surface area contributed by atoms with E-state index < -0.39 is 5.41 Å². The Hall–Kier alpha value is -1.74. The molecule has 3 unspecified atom stereocenters. The molecule has 3 N–H and O–H groups in total. The Balaban J connectivity index is 1.43. The summed E-state index contributed by atoms with van der Waals surface area (Å²) in [6.45, 7) is 7.24. The Morgan fingerprint density at radius 3 is 2.45 bits per heavy atom. The fraction of sp³-hybridized carbons (Fsp3) is 0.828. The molecule has 0 aliphatic heterocycles. The van der Waals surface area contributed by atoms with Gasteiger partial charge >= 0.3 is 0 Å². The SMILES string of the molecule is CNCCNC(=O)C(C)(C)COc1noc(C(=O)NC(C)C2CC3CCCC(C3)C2)c1SC1CCCCC1. The number of nitrogens with one attached hydrogen (secondary N) is 3. The number of hydrogen-bond acceptors (Lipinski definition) is 7. The summed E-state index contributed by atoms with van der Waals surface area (Å²) in [5.74, 6) is 2.41. The number of carbonyl (C=O) groups is 2. The molecule has 3 aliphatic rings. The van der Waals surface area contributed by atoms with Crippen LogP contribution < -0.4 is 20.7 Å². The highest BCUT2D eigenvalue weighted by Crippen LogP contribution is 2.44. The average Bonchev–Trinajstić information content (AvgIpc) is 3.30. The van der Waals surface area contributed by atoms with Gasteiger partial charge in [0.1, 0.15) is 11.5 Å². The van der Waals surface area contributed by atoms with Crippen molar-refractivity contribution in [2.24, 2.45) is 23.2 Å². The predicted molar refractivity (Wildman–Crippen MR) is 151 cm³/mol. The number of amides is 2. The van der Waals surface area contributed by atoms with Crippen molar-refractivity contribution in [3.05, 3.63) is 5.76 Å². The average molecular weight is 549 g/mol. The molecule has 8 nitrogen and oxygen atoms in total. The van der Waals surface area contributed by atoms with Gasteiger partial charge in [0.2, 0.25) is 11.7 Å². The Bertz CT molecular complexity index is 918. The fourth-order valence-corrected chi connectivity index (χ4v) is 7.73. The van der Waals surface area contributed by atoms with Gasteiger partial charge in [0.25, 0.3) is 11.8 Å². The predicted octanol–water partition coefficient (Wildman–Crippen LogP) is 5.17. The molecule has 2 amide bonds. The molecule has 38 heavy (non-hydrogen) atoms. The van der Waals surface area contributed by atoms with Gasteiger partial charge in [0, 0.05) is 24.4 Å². The number of likely N-dealkylation sites (N-methyl/N-ethyl adjacent to an activating group) is 1. The molecular formula is C29H48N4O4S. The van der Waals surface area contributed by atoms with E-state index in [-0.39, 0.29) is 30.2 Å². The van der Waals surface area contributed by atoms with Crippen LogP contribution in [0.2, 0.25) is 0 Å². The van der Waals surface area contributed by atoms with E-state index in [9.17, 15) is 9.59 Å². The highest BCUT2D eigenvalue weighted by Gasteiger charge is 2.36. The maximum absolute atomic E-state index is 13.5. The van der Waals surface area contributed by atoms with Crippen LogP contribution in [-0.2, 0) is 4.79 Å². The third-order valence-electron chi connectivity index (χ3n) is 8.74. The van der Waals surface area contributed by atoms with E-state index >= 15 is 0 Å². The molecule has 4 rings (SSSR count). The maximum Gasteiger partial charge on any atom is 0.291 e. The minimum Gasteiger partial charge on any atom is -0.474 e. The third-order valence-corrected chi connectivity index (χ3v) is 10.1. The number of fused-ring (bicyclic) bond motifs is 2. The molecule has 0 spiro atoms. The van der Waals surface area contributed by atoms with Crippen LogP contribution in [0.25, 0.3) is 0 Å². The second-order valence-electron chi connectivity index (χ2n) is 12.4. The van der Waals surface area contributed by atoms with E-state index in [2.05, 4.69) is 28.0 Å². The molecule has 3 fully saturated rings. The number of thioether (sulfide) groups is 1. The molecule has 214 valence electrons. The molecular weight excluding hydrogens is 500 g/mol. The van der Waals surface area contributed by atoms with Gasteiger partial charge in [-0.1, -0.05) is 38.5 Å². The van der Waals surface area contributed by atoms with Crippen LogP contribution in [0.4, 0.5) is 0 Å². The normalized spacial score (nSPS) is 25.0. The smallest absolute Gasteiger partial charge is 0.291 e. The minimum atomic E-state index is -0.755. The lowest BCUT2D eigenvalue weighted by atomic mass is 9.66. The van der Waals surface area contributed by atoms with E-state index in [0.717, 1.165) is 24.7 Å². The number of carbonyl (C=O) groups excluding carboxylic acids is 2. The van der Waals surface area contributed by atoms with Crippen molar-refractivity contribution < 1.29 is 18.8 Å². The van der Waals surface area contributed by atoms with Crippen molar-refractivity contribution >= 4 is 23.6 Å². The van der Waals surface area contributed by atoms with Gasteiger partial charge < -0.3 is 25.2 Å². The summed E-state index contributed by atoms with van der Waals surface area (Å²) in [6, 6.07) is 0.0909. The van der Waals surface area contributed by atoms with Crippen LogP contribution in [-0.4, -0.2) is 55.0 Å². The van der Waals surface area contributed by atoms with Gasteiger partial charge in [0.15, 0.2) is 0 Å². The first-order chi connectivity index (χ1) is 18.3. The van der Waals surface area contributed by atoms with Gasteiger partial charge in [-0.2, -0.15) is 0 Å². The van der Waals surface area contributed by atoms with Crippen LogP contribution in [0.5, 0.6) is 5.88 Å². The lowest BCUT2D eigenvalue weighted by molar-refractivity contribution is -0.130. The second kappa shape index (κ2) is 13.6. The van der Waals surface area contributed by atoms with Crippen LogP contribution in [0.15, 0.2) is 9.42 Å². The van der Waals surface area contributed by atoms with Crippen molar-refractivity contribution in [3.8, 4) is 5.88 Å². The zero-order chi connectivity index (χ0) is 27.1. The van der Waals surface area contributed by atoms with Gasteiger partial charge in [0.05, 0.1) is 5.41 Å². The van der Waals surface area contributed by atoms with E-state index in [1.807, 2.05) is 20.9 Å². The zero-order valence-electron chi connectivity index (χ0n) is 23.8. The van der Waals surface area contributed by atoms with Gasteiger partial charge in [-0.3, -0.25) is 9.59 Å². The molecule has 0 aromatic carbocycles. The van der Waals surface area contributed by atoms with Crippen molar-refractivity contribution in [2.75, 3.05) is 26.7 Å². The summed E-state index contributed by atoms with van der Waals surface area (Å²) in [5, 5.41) is 13.8. The zero-order valence-corrected chi connectivity index (χ0v) is 24.6. The number of nitrogens with zero attached hydrogens (tertiary/aromatic N) is 1. The molecule has 3 atom stereocenters. The van der Waals surface area contributed by atoms with Crippen molar-refractivity contribution in [1.82, 2.24) is 21.1 Å². The number of rotatable bonds is 12. The van der Waals surface area contributed by atoms with Gasteiger partial charge in [-0.05, 0) is 82.8 Å². The summed E-state index contributed by atoms with van der Waals surface area (Å²) in [6.07, 6.45) is 13.7. The lowest BCUT2D eigenvalue weighted by Gasteiger charge is -2.41. The maximum atomic E-state index is 13.5. The topological polar surface area (TPSA) is 105 Å². The Kier molecular flexibility index (Phi) is 10.4. The van der Waals surface area contributed by atoms with Crippen LogP contribution in [0.3, 0.4) is 0 Å². The number of aromatic nitrogens is 1. The first-order valence-corrected chi connectivity index (χ1v) is 15.7. The fourth-order valence-electron chi connectivity index (χ4n) is 6.39. The van der Waals surface area contributed by atoms with Crippen molar-refractivity contribution in [2.45, 2.75) is 108 Å². The van der Waals surface area contributed by atoms with E-state index in [4.69, 9.17) is 9.26 Å². The highest BCUT2D eigenvalue weighted by atomic mass is 32.2. The number of hydrogen-bond donors (Lipinski definition) is 3. The van der Waals surface area contributed by atoms with Crippen LogP contribution in [0.1, 0.15) is 102 Å². The Labute approximate surface area is 232 Å². The Morgan fingerprint density at radius 2 is 1.76 bits per heavy atom. The molecule has 0 radical (unpaired) electrons. The number of ether oxygens (including phenoxy) is 1. The molecule has 3 saturated carbocycles. The van der Waals surface area contributed by atoms with Gasteiger partial charge in [-0.15, -0.1) is 11.8 Å². The van der Waals surface area contributed by atoms with E-state index in [1.165, 1.54) is 57.8 Å². The standard InChI is InChI=1S/C29H48N4O4S/c1-19(22-16-20-9-8-10-21(15-20)17-22)32-26(34)24-25(38-23-11-6-5-7-12-23)27(33-37-24)36-18-29(2,3)28(35)31-14-13-30-4/h19-23,30H,5-18H2,1-4H3,(H,31,35)(H,32,34). The first kappa shape index (κ1) is 29.2. The lowest BCUT2D eigenvalue weighted by Crippen LogP contribution is -2.43. The quantitative estimate of drug-likeness (QED) is 0.309. The summed E-state index contributed by atoms with van der Waals surface area (Å²) in [5.41, 5.74) is -0.755.